The van der Waals surface area contributed by atoms with Gasteiger partial charge in [-0.3, -0.25) is 4.79 Å². The summed E-state index contributed by atoms with van der Waals surface area (Å²) in [4.78, 5) is 11.7. The molecule has 0 aliphatic heterocycles. The fourth-order valence-electron chi connectivity index (χ4n) is 1.48. The van der Waals surface area contributed by atoms with Crippen LogP contribution in [0.2, 0.25) is 0 Å². The number of carbonyl (C=O) groups is 1. The zero-order valence-corrected chi connectivity index (χ0v) is 11.4. The molecule has 1 atom stereocenters. The van der Waals surface area contributed by atoms with E-state index in [2.05, 4.69) is 21.1 Å². The molecular weight excluding hydrogens is 228 g/mol. The van der Waals surface area contributed by atoms with Crippen molar-refractivity contribution < 1.29 is 14.0 Å². The Morgan fingerprint density at radius 3 is 2.44 bits per heavy atom. The molecule has 0 aliphatic rings. The van der Waals surface area contributed by atoms with Crippen LogP contribution in [0.5, 0.6) is 0 Å². The summed E-state index contributed by atoms with van der Waals surface area (Å²) in [6.45, 7) is 1.19. The predicted octanol–water partition coefficient (Wildman–Crippen LogP) is 0.806. The fraction of sp³-hybridized carbons (Fsp3) is 0.500. The first-order chi connectivity index (χ1) is 8.38. The Morgan fingerprint density at radius 2 is 1.89 bits per heavy atom. The predicted molar refractivity (Wildman–Crippen MR) is 72.0 cm³/mol. The molecule has 0 spiro atoms. The highest BCUT2D eigenvalue weighted by atomic mass is 16.5. The maximum atomic E-state index is 11.7. The number of ether oxygens (including phenoxy) is 1. The van der Waals surface area contributed by atoms with Crippen LogP contribution in [0.1, 0.15) is 5.56 Å². The van der Waals surface area contributed by atoms with Gasteiger partial charge in [0, 0.05) is 0 Å². The lowest BCUT2D eigenvalue weighted by molar-refractivity contribution is -0.870. The quantitative estimate of drug-likeness (QED) is 0.601. The SMILES string of the molecule is C[N+](C)(C)CCOC(=O)[C@@H](N)Cc1ccccc1. The maximum absolute atomic E-state index is 11.7. The number of nitrogens with zero attached hydrogens (tertiary/aromatic N) is 1. The summed E-state index contributed by atoms with van der Waals surface area (Å²) in [7, 11) is 6.16. The van der Waals surface area contributed by atoms with Crippen molar-refractivity contribution >= 4 is 5.97 Å². The van der Waals surface area contributed by atoms with Crippen molar-refractivity contribution in [2.45, 2.75) is 12.5 Å². The van der Waals surface area contributed by atoms with Crippen molar-refractivity contribution in [3.05, 3.63) is 35.9 Å². The maximum Gasteiger partial charge on any atom is 0.323 e. The van der Waals surface area contributed by atoms with Gasteiger partial charge in [-0.05, 0) is 12.0 Å². The summed E-state index contributed by atoms with van der Waals surface area (Å²) >= 11 is 0. The Labute approximate surface area is 109 Å². The largest absolute Gasteiger partial charge is 0.459 e. The molecule has 1 aromatic rings. The van der Waals surface area contributed by atoms with E-state index in [4.69, 9.17) is 10.5 Å². The molecule has 0 aliphatic carbocycles. The van der Waals surface area contributed by atoms with Gasteiger partial charge in [-0.25, -0.2) is 0 Å². The van der Waals surface area contributed by atoms with Crippen molar-refractivity contribution in [3.8, 4) is 0 Å². The molecule has 2 N–H and O–H groups in total. The second-order valence-electron chi connectivity index (χ2n) is 5.48. The topological polar surface area (TPSA) is 52.3 Å². The van der Waals surface area contributed by atoms with Gasteiger partial charge >= 0.3 is 5.97 Å². The lowest BCUT2D eigenvalue weighted by Crippen LogP contribution is -2.40. The van der Waals surface area contributed by atoms with Crippen molar-refractivity contribution in [1.29, 1.82) is 0 Å². The molecular formula is C14H23N2O2+. The first-order valence-corrected chi connectivity index (χ1v) is 6.15. The molecule has 0 amide bonds. The van der Waals surface area contributed by atoms with E-state index in [1.54, 1.807) is 0 Å². The van der Waals surface area contributed by atoms with Crippen LogP contribution < -0.4 is 5.73 Å². The van der Waals surface area contributed by atoms with Gasteiger partial charge in [-0.1, -0.05) is 30.3 Å². The summed E-state index contributed by atoms with van der Waals surface area (Å²) in [6.07, 6.45) is 0.518. The molecule has 0 saturated heterocycles. The van der Waals surface area contributed by atoms with Crippen molar-refractivity contribution in [2.75, 3.05) is 34.3 Å². The van der Waals surface area contributed by atoms with Gasteiger partial charge < -0.3 is 15.0 Å². The van der Waals surface area contributed by atoms with E-state index in [0.717, 1.165) is 16.6 Å². The van der Waals surface area contributed by atoms with Crippen LogP contribution in [0, 0.1) is 0 Å². The van der Waals surface area contributed by atoms with Crippen LogP contribution in [0.4, 0.5) is 0 Å². The van der Waals surface area contributed by atoms with E-state index < -0.39 is 6.04 Å². The van der Waals surface area contributed by atoms with Gasteiger partial charge in [0.25, 0.3) is 0 Å². The van der Waals surface area contributed by atoms with E-state index in [0.29, 0.717) is 13.0 Å². The first kappa shape index (κ1) is 14.7. The van der Waals surface area contributed by atoms with Crippen molar-refractivity contribution in [1.82, 2.24) is 0 Å². The van der Waals surface area contributed by atoms with Crippen LogP contribution in [-0.4, -0.2) is 50.8 Å². The smallest absolute Gasteiger partial charge is 0.323 e. The highest BCUT2D eigenvalue weighted by molar-refractivity contribution is 5.75. The minimum absolute atomic E-state index is 0.327. The fourth-order valence-corrected chi connectivity index (χ4v) is 1.48. The first-order valence-electron chi connectivity index (χ1n) is 6.15. The minimum atomic E-state index is -0.583. The summed E-state index contributed by atoms with van der Waals surface area (Å²) in [6, 6.07) is 9.14. The van der Waals surface area contributed by atoms with E-state index >= 15 is 0 Å². The number of quaternary nitrogens is 1. The number of likely N-dealkylation sites (N-methyl/N-ethyl adjacent to an activating group) is 1. The molecule has 0 unspecified atom stereocenters. The Hall–Kier alpha value is -1.39. The third kappa shape index (κ3) is 5.80. The number of carbonyl (C=O) groups excluding carboxylic acids is 1. The minimum Gasteiger partial charge on any atom is -0.459 e. The standard InChI is InChI=1S/C14H23N2O2/c1-16(2,3)9-10-18-14(17)13(15)11-12-7-5-4-6-8-12/h4-8,13H,9-11,15H2,1-3H3/q+1/t13-/m0/s1. The van der Waals surface area contributed by atoms with E-state index in [9.17, 15) is 4.79 Å². The third-order valence-electron chi connectivity index (χ3n) is 2.61. The Balaban J connectivity index is 2.34. The monoisotopic (exact) mass is 251 g/mol. The molecule has 4 heteroatoms. The van der Waals surface area contributed by atoms with Crippen LogP contribution >= 0.6 is 0 Å². The summed E-state index contributed by atoms with van der Waals surface area (Å²) in [5.74, 6) is -0.327. The average molecular weight is 251 g/mol. The molecule has 4 nitrogen and oxygen atoms in total. The highest BCUT2D eigenvalue weighted by Gasteiger charge is 2.16. The molecule has 1 aromatic carbocycles. The number of benzene rings is 1. The zero-order chi connectivity index (χ0) is 13.6. The molecule has 18 heavy (non-hydrogen) atoms. The summed E-state index contributed by atoms with van der Waals surface area (Å²) in [5.41, 5.74) is 6.87. The van der Waals surface area contributed by atoms with Crippen LogP contribution in [0.25, 0.3) is 0 Å². The second-order valence-corrected chi connectivity index (χ2v) is 5.48. The molecule has 0 saturated carbocycles. The molecule has 0 aromatic heterocycles. The number of rotatable bonds is 6. The molecule has 1 rings (SSSR count). The summed E-state index contributed by atoms with van der Waals surface area (Å²) < 4.78 is 5.94. The lowest BCUT2D eigenvalue weighted by Gasteiger charge is -2.23. The van der Waals surface area contributed by atoms with Crippen LogP contribution in [0.15, 0.2) is 30.3 Å². The van der Waals surface area contributed by atoms with Crippen LogP contribution in [-0.2, 0) is 16.0 Å². The third-order valence-corrected chi connectivity index (χ3v) is 2.61. The van der Waals surface area contributed by atoms with Crippen molar-refractivity contribution in [2.24, 2.45) is 5.73 Å². The van der Waals surface area contributed by atoms with Crippen LogP contribution in [0.3, 0.4) is 0 Å². The van der Waals surface area contributed by atoms with Gasteiger partial charge in [0.05, 0.1) is 21.1 Å². The molecule has 0 heterocycles. The second kappa shape index (κ2) is 6.52. The molecule has 0 bridgehead atoms. The Morgan fingerprint density at radius 1 is 1.28 bits per heavy atom. The van der Waals surface area contributed by atoms with E-state index in [1.807, 2.05) is 30.3 Å². The Bertz CT molecular complexity index is 371. The lowest BCUT2D eigenvalue weighted by atomic mass is 10.1. The zero-order valence-electron chi connectivity index (χ0n) is 11.4. The van der Waals surface area contributed by atoms with Gasteiger partial charge in [0.2, 0.25) is 0 Å². The number of esters is 1. The van der Waals surface area contributed by atoms with Crippen molar-refractivity contribution in [3.63, 3.8) is 0 Å². The van der Waals surface area contributed by atoms with Gasteiger partial charge in [-0.15, -0.1) is 0 Å². The van der Waals surface area contributed by atoms with Gasteiger partial charge in [-0.2, -0.15) is 0 Å². The summed E-state index contributed by atoms with van der Waals surface area (Å²) in [5, 5.41) is 0. The molecule has 100 valence electrons. The number of hydrogen-bond acceptors (Lipinski definition) is 3. The average Bonchev–Trinajstić information content (AvgIpc) is 2.28. The normalized spacial score (nSPS) is 13.1. The molecule has 0 radical (unpaired) electrons. The van der Waals surface area contributed by atoms with Gasteiger partial charge in [0.15, 0.2) is 0 Å². The van der Waals surface area contributed by atoms with Gasteiger partial charge in [0.1, 0.15) is 19.2 Å². The molecule has 0 fully saturated rings. The highest BCUT2D eigenvalue weighted by Crippen LogP contribution is 2.03. The van der Waals surface area contributed by atoms with E-state index in [1.165, 1.54) is 0 Å². The number of hydrogen-bond donors (Lipinski definition) is 1. The number of nitrogens with two attached hydrogens (primary N) is 1. The van der Waals surface area contributed by atoms with E-state index in [-0.39, 0.29) is 5.97 Å². The Kier molecular flexibility index (Phi) is 5.31.